The minimum Gasteiger partial charge on any atom is -0.281 e. The average Bonchev–Trinajstić information content (AvgIpc) is 2.70. The van der Waals surface area contributed by atoms with Gasteiger partial charge in [-0.1, -0.05) is 6.07 Å². The molecule has 0 bridgehead atoms. The highest BCUT2D eigenvalue weighted by atomic mass is 32.2. The van der Waals surface area contributed by atoms with Crippen molar-refractivity contribution in [2.75, 3.05) is 0 Å². The highest BCUT2D eigenvalue weighted by molar-refractivity contribution is 7.87. The van der Waals surface area contributed by atoms with Gasteiger partial charge in [0.15, 0.2) is 0 Å². The second kappa shape index (κ2) is 10.8. The molecule has 0 fully saturated rings. The number of alkyl halides is 15. The maximum atomic E-state index is 13.4. The molecule has 0 aliphatic rings. The first kappa shape index (κ1) is 34.0. The van der Waals surface area contributed by atoms with Gasteiger partial charge in [-0.2, -0.15) is 74.3 Å². The predicted octanol–water partition coefficient (Wildman–Crippen LogP) is 6.85. The third-order valence-electron chi connectivity index (χ3n) is 4.10. The highest BCUT2D eigenvalue weighted by Gasteiger charge is 2.91. The molecule has 0 radical (unpaired) electrons. The molecule has 0 spiro atoms. The fourth-order valence-corrected chi connectivity index (χ4v) is 2.56. The van der Waals surface area contributed by atoms with Crippen LogP contribution in [-0.4, -0.2) is 59.0 Å². The number of nitrogens with zero attached hydrogens (tertiary/aromatic N) is 1. The van der Waals surface area contributed by atoms with Gasteiger partial charge < -0.3 is 0 Å². The molecule has 1 heterocycles. The van der Waals surface area contributed by atoms with Gasteiger partial charge in [-0.25, -0.2) is 0 Å². The molecule has 1 aromatic heterocycles. The van der Waals surface area contributed by atoms with E-state index in [1.807, 2.05) is 18.2 Å². The fourth-order valence-electron chi connectivity index (χ4n) is 2.11. The largest absolute Gasteiger partial charge is 0.438 e. The van der Waals surface area contributed by atoms with Crippen molar-refractivity contribution in [2.45, 2.75) is 66.7 Å². The second-order valence-electron chi connectivity index (χ2n) is 6.84. The van der Waals surface area contributed by atoms with Crippen LogP contribution in [0.25, 0.3) is 0 Å². The van der Waals surface area contributed by atoms with Crippen LogP contribution in [0.5, 0.6) is 0 Å². The van der Waals surface area contributed by atoms with Gasteiger partial charge in [0, 0.05) is 25.2 Å². The number of rotatable bonds is 10. The van der Waals surface area contributed by atoms with E-state index >= 15 is 0 Å². The Hall–Kier alpha value is -1.99. The minimum absolute atomic E-state index is 1.41. The van der Waals surface area contributed by atoms with Crippen LogP contribution in [0.3, 0.4) is 0 Å². The molecule has 20 heteroatoms. The third kappa shape index (κ3) is 6.86. The van der Waals surface area contributed by atoms with Gasteiger partial charge in [0.25, 0.3) is 0 Å². The second-order valence-corrected chi connectivity index (χ2v) is 8.30. The van der Waals surface area contributed by atoms with Crippen molar-refractivity contribution in [1.82, 2.24) is 4.98 Å². The Bertz CT molecular complexity index is 907. The highest BCUT2D eigenvalue weighted by Crippen LogP contribution is 2.61. The lowest BCUT2D eigenvalue weighted by Crippen LogP contribution is -2.71. The van der Waals surface area contributed by atoms with Crippen molar-refractivity contribution < 1.29 is 78.8 Å². The molecule has 0 aliphatic heterocycles. The summed E-state index contributed by atoms with van der Waals surface area (Å²) in [6.45, 7) is 0. The molecule has 0 saturated heterocycles. The number of hydrogen-bond donors (Lipinski definition) is 1. The van der Waals surface area contributed by atoms with Crippen molar-refractivity contribution >= 4 is 10.1 Å². The van der Waals surface area contributed by atoms with Crippen molar-refractivity contribution in [3.63, 3.8) is 0 Å². The molecule has 1 N–H and O–H groups in total. The Balaban J connectivity index is 0.00000176. The van der Waals surface area contributed by atoms with E-state index < -0.39 is 76.8 Å². The van der Waals surface area contributed by atoms with E-state index in [4.69, 9.17) is 4.55 Å². The SMILES string of the molecule is O=S(=O)(O)C(F)(F)C(F)(F)C(F)(F)C(F)(F)C(F)(F)C(F)(F)CCCCC(F)(F)F.c1ccncc1. The molecule has 0 amide bonds. The summed E-state index contributed by atoms with van der Waals surface area (Å²) in [7, 11) is -7.65. The van der Waals surface area contributed by atoms with Crippen LogP contribution in [0.2, 0.25) is 0 Å². The van der Waals surface area contributed by atoms with Crippen LogP contribution in [0, 0.1) is 0 Å². The number of halogens is 15. The van der Waals surface area contributed by atoms with E-state index in [1.54, 1.807) is 12.4 Å². The predicted molar refractivity (Wildman–Crippen MR) is 90.0 cm³/mol. The van der Waals surface area contributed by atoms with Crippen molar-refractivity contribution in [3.05, 3.63) is 30.6 Å². The standard InChI is InChI=1S/C11H9F15O3S.C5H5N/c12-5(13,3-1-2-4-6(14,15)16)7(17,18)8(19,20)9(21,22)10(23,24)11(25,26)30(27,28)29;1-2-4-6-5-3-1/h1-4H2,(H,27,28,29);1-5H. The van der Waals surface area contributed by atoms with Crippen LogP contribution in [0.1, 0.15) is 25.7 Å². The maximum Gasteiger partial charge on any atom is 0.438 e. The summed E-state index contributed by atoms with van der Waals surface area (Å²) >= 11 is 0. The summed E-state index contributed by atoms with van der Waals surface area (Å²) in [5.74, 6) is -38.4. The number of pyridine rings is 1. The van der Waals surface area contributed by atoms with Crippen LogP contribution < -0.4 is 0 Å². The molecule has 0 aromatic carbocycles. The van der Waals surface area contributed by atoms with Gasteiger partial charge in [-0.05, 0) is 25.0 Å². The lowest BCUT2D eigenvalue weighted by molar-refractivity contribution is -0.417. The maximum absolute atomic E-state index is 13.4. The average molecular weight is 585 g/mol. The number of aromatic nitrogens is 1. The lowest BCUT2D eigenvalue weighted by atomic mass is 9.92. The van der Waals surface area contributed by atoms with Gasteiger partial charge >= 0.3 is 51.2 Å². The zero-order valence-corrected chi connectivity index (χ0v) is 17.8. The van der Waals surface area contributed by atoms with Crippen LogP contribution >= 0.6 is 0 Å². The summed E-state index contributed by atoms with van der Waals surface area (Å²) in [5, 5.41) is -7.54. The monoisotopic (exact) mass is 585 g/mol. The Morgan fingerprint density at radius 1 is 0.583 bits per heavy atom. The van der Waals surface area contributed by atoms with Gasteiger partial charge in [-0.15, -0.1) is 0 Å². The van der Waals surface area contributed by atoms with E-state index in [0.29, 0.717) is 0 Å². The zero-order chi connectivity index (χ0) is 29.1. The van der Waals surface area contributed by atoms with E-state index in [9.17, 15) is 74.3 Å². The molecule has 0 saturated carbocycles. The number of hydrogen-bond acceptors (Lipinski definition) is 3. The van der Waals surface area contributed by atoms with E-state index in [2.05, 4.69) is 4.98 Å². The zero-order valence-electron chi connectivity index (χ0n) is 17.0. The van der Waals surface area contributed by atoms with E-state index in [1.165, 1.54) is 0 Å². The molecule has 0 aliphatic carbocycles. The summed E-state index contributed by atoms with van der Waals surface area (Å²) in [4.78, 5) is 3.78. The smallest absolute Gasteiger partial charge is 0.281 e. The molecule has 212 valence electrons. The summed E-state index contributed by atoms with van der Waals surface area (Å²) in [6, 6.07) is 5.72. The molecule has 4 nitrogen and oxygen atoms in total. The lowest BCUT2D eigenvalue weighted by Gasteiger charge is -2.40. The molecular formula is C16H14F15NO3S. The van der Waals surface area contributed by atoms with Crippen LogP contribution in [-0.2, 0) is 10.1 Å². The minimum atomic E-state index is -8.21. The molecule has 1 rings (SSSR count). The topological polar surface area (TPSA) is 67.3 Å². The van der Waals surface area contributed by atoms with Gasteiger partial charge in [-0.3, -0.25) is 9.54 Å². The van der Waals surface area contributed by atoms with Gasteiger partial charge in [0.1, 0.15) is 0 Å². The summed E-state index contributed by atoms with van der Waals surface area (Å²) in [6.07, 6.45) is -9.19. The van der Waals surface area contributed by atoms with E-state index in [-0.39, 0.29) is 0 Å². The Morgan fingerprint density at radius 3 is 1.28 bits per heavy atom. The number of unbranched alkanes of at least 4 members (excludes halogenated alkanes) is 1. The van der Waals surface area contributed by atoms with Crippen LogP contribution in [0.4, 0.5) is 65.9 Å². The first-order chi connectivity index (χ1) is 15.7. The summed E-state index contributed by atoms with van der Waals surface area (Å²) < 4.78 is 222. The van der Waals surface area contributed by atoms with Crippen molar-refractivity contribution in [2.24, 2.45) is 0 Å². The summed E-state index contributed by atoms with van der Waals surface area (Å²) in [5.41, 5.74) is 0. The third-order valence-corrected chi connectivity index (χ3v) is 5.00. The quantitative estimate of drug-likeness (QED) is 0.185. The Labute approximate surface area is 192 Å². The first-order valence-corrected chi connectivity index (χ1v) is 10.3. The molecular weight excluding hydrogens is 571 g/mol. The molecule has 36 heavy (non-hydrogen) atoms. The van der Waals surface area contributed by atoms with Crippen molar-refractivity contribution in [1.29, 1.82) is 0 Å². The Morgan fingerprint density at radius 2 is 0.972 bits per heavy atom. The molecule has 0 unspecified atom stereocenters. The first-order valence-electron chi connectivity index (χ1n) is 8.86. The van der Waals surface area contributed by atoms with Crippen molar-refractivity contribution in [3.8, 4) is 0 Å². The molecule has 1 aromatic rings. The molecule has 0 atom stereocenters. The normalized spacial score (nSPS) is 14.8. The Kier molecular flexibility index (Phi) is 10.2. The van der Waals surface area contributed by atoms with Gasteiger partial charge in [0.2, 0.25) is 0 Å². The van der Waals surface area contributed by atoms with Crippen LogP contribution in [0.15, 0.2) is 30.6 Å². The fraction of sp³-hybridized carbons (Fsp3) is 0.688. The van der Waals surface area contributed by atoms with E-state index in [0.717, 1.165) is 0 Å². The van der Waals surface area contributed by atoms with Gasteiger partial charge in [0.05, 0.1) is 0 Å².